The van der Waals surface area contributed by atoms with Gasteiger partial charge in [-0.15, -0.1) is 0 Å². The molecule has 0 aliphatic carbocycles. The fraction of sp³-hybridized carbons (Fsp3) is 0.353. The molecule has 0 spiro atoms. The second-order valence-corrected chi connectivity index (χ2v) is 6.79. The maximum Gasteiger partial charge on any atom is 0.336 e. The topological polar surface area (TPSA) is 81.7 Å². The number of benzene rings is 1. The molecule has 2 bridgehead atoms. The Hall–Kier alpha value is -2.18. The van der Waals surface area contributed by atoms with Gasteiger partial charge in [-0.25, -0.2) is 9.59 Å². The van der Waals surface area contributed by atoms with E-state index >= 15 is 0 Å². The second kappa shape index (κ2) is 6.75. The van der Waals surface area contributed by atoms with E-state index in [1.54, 1.807) is 6.92 Å². The summed E-state index contributed by atoms with van der Waals surface area (Å²) in [4.78, 5) is 36.0. The normalized spacial score (nSPS) is 17.0. The van der Waals surface area contributed by atoms with Crippen LogP contribution in [-0.4, -0.2) is 29.3 Å². The zero-order valence-electron chi connectivity index (χ0n) is 13.8. The second-order valence-electron chi connectivity index (χ2n) is 6.41. The van der Waals surface area contributed by atoms with E-state index in [-0.39, 0.29) is 33.4 Å². The molecule has 0 saturated heterocycles. The molecule has 6 nitrogen and oxygen atoms in total. The number of esters is 2. The molecule has 0 radical (unpaired) electrons. The van der Waals surface area contributed by atoms with Crippen LogP contribution in [0.1, 0.15) is 38.1 Å². The molecule has 0 fully saturated rings. The minimum Gasteiger partial charge on any atom is -0.422 e. The van der Waals surface area contributed by atoms with Crippen molar-refractivity contribution in [2.24, 2.45) is 0 Å². The first-order chi connectivity index (χ1) is 11.1. The van der Waals surface area contributed by atoms with Crippen molar-refractivity contribution in [1.82, 2.24) is 5.32 Å². The molecule has 7 heteroatoms. The smallest absolute Gasteiger partial charge is 0.336 e. The number of carbonyl (C=O) groups is 3. The van der Waals surface area contributed by atoms with Crippen LogP contribution < -0.4 is 14.8 Å². The summed E-state index contributed by atoms with van der Waals surface area (Å²) in [5.74, 6) is -1.98. The minimum absolute atomic E-state index is 0.0176. The standard InChI is InChI=1S/C17H18ClNO5/c1-9(19-17(2,3)4)15(22)10-5-6-11-14(18)16(10)24-13(21)8-7-12(20)23-11/h5-9,19H,1-4H3/b8-7-. The van der Waals surface area contributed by atoms with Gasteiger partial charge in [-0.05, 0) is 39.8 Å². The lowest BCUT2D eigenvalue weighted by Crippen LogP contribution is -2.46. The molecule has 1 unspecified atom stereocenters. The lowest BCUT2D eigenvalue weighted by atomic mass is 10.0. The molecule has 1 aliphatic rings. The van der Waals surface area contributed by atoms with Gasteiger partial charge in [0.1, 0.15) is 5.02 Å². The number of hydrogen-bond acceptors (Lipinski definition) is 6. The van der Waals surface area contributed by atoms with Crippen LogP contribution in [-0.2, 0) is 9.59 Å². The van der Waals surface area contributed by atoms with Crippen molar-refractivity contribution >= 4 is 29.3 Å². The van der Waals surface area contributed by atoms with Gasteiger partial charge in [0.25, 0.3) is 0 Å². The summed E-state index contributed by atoms with van der Waals surface area (Å²) in [7, 11) is 0. The summed E-state index contributed by atoms with van der Waals surface area (Å²) in [6.45, 7) is 7.50. The molecule has 1 aromatic carbocycles. The van der Waals surface area contributed by atoms with Gasteiger partial charge in [-0.3, -0.25) is 4.79 Å². The molecule has 1 aliphatic heterocycles. The Labute approximate surface area is 144 Å². The van der Waals surface area contributed by atoms with Gasteiger partial charge >= 0.3 is 11.9 Å². The lowest BCUT2D eigenvalue weighted by molar-refractivity contribution is -0.131. The summed E-state index contributed by atoms with van der Waals surface area (Å²) in [5.41, 5.74) is -0.149. The van der Waals surface area contributed by atoms with Gasteiger partial charge in [0.2, 0.25) is 0 Å². The molecule has 2 rings (SSSR count). The van der Waals surface area contributed by atoms with Gasteiger partial charge < -0.3 is 14.8 Å². The quantitative estimate of drug-likeness (QED) is 0.512. The predicted octanol–water partition coefficient (Wildman–Crippen LogP) is 2.68. The number of ketones is 1. The highest BCUT2D eigenvalue weighted by Crippen LogP contribution is 2.38. The first kappa shape index (κ1) is 18.2. The van der Waals surface area contributed by atoms with E-state index in [0.29, 0.717) is 0 Å². The van der Waals surface area contributed by atoms with Gasteiger partial charge in [0.05, 0.1) is 11.6 Å². The zero-order valence-corrected chi connectivity index (χ0v) is 14.6. The Kier molecular flexibility index (Phi) is 5.11. The number of hydrogen-bond donors (Lipinski definition) is 1. The number of rotatable bonds is 3. The van der Waals surface area contributed by atoms with Gasteiger partial charge in [0, 0.05) is 17.7 Å². The maximum absolute atomic E-state index is 12.7. The van der Waals surface area contributed by atoms with E-state index in [0.717, 1.165) is 12.2 Å². The van der Waals surface area contributed by atoms with Crippen LogP contribution >= 0.6 is 11.6 Å². The van der Waals surface area contributed by atoms with Gasteiger partial charge in [-0.2, -0.15) is 0 Å². The highest BCUT2D eigenvalue weighted by Gasteiger charge is 2.27. The lowest BCUT2D eigenvalue weighted by Gasteiger charge is -2.25. The highest BCUT2D eigenvalue weighted by molar-refractivity contribution is 6.34. The zero-order chi connectivity index (χ0) is 18.1. The summed E-state index contributed by atoms with van der Waals surface area (Å²) < 4.78 is 10.2. The number of Topliss-reactive ketones (excluding diaryl/α,β-unsaturated/α-hetero) is 1. The van der Waals surface area contributed by atoms with Crippen molar-refractivity contribution in [3.63, 3.8) is 0 Å². The molecular formula is C17H18ClNO5. The van der Waals surface area contributed by atoms with E-state index < -0.39 is 18.0 Å². The van der Waals surface area contributed by atoms with Crippen LogP contribution in [0.25, 0.3) is 0 Å². The monoisotopic (exact) mass is 351 g/mol. The molecule has 0 aromatic heterocycles. The molecule has 1 heterocycles. The number of carbonyl (C=O) groups excluding carboxylic acids is 3. The molecular weight excluding hydrogens is 334 g/mol. The molecule has 128 valence electrons. The van der Waals surface area contributed by atoms with E-state index in [9.17, 15) is 14.4 Å². The Morgan fingerprint density at radius 3 is 2.29 bits per heavy atom. The number of fused-ring (bicyclic) bond motifs is 2. The third-order valence-electron chi connectivity index (χ3n) is 3.14. The van der Waals surface area contributed by atoms with Crippen LogP contribution in [0.5, 0.6) is 11.5 Å². The number of halogens is 1. The van der Waals surface area contributed by atoms with Crippen molar-refractivity contribution in [3.8, 4) is 11.5 Å². The van der Waals surface area contributed by atoms with E-state index in [2.05, 4.69) is 5.32 Å². The van der Waals surface area contributed by atoms with Crippen molar-refractivity contribution in [2.45, 2.75) is 39.3 Å². The van der Waals surface area contributed by atoms with Gasteiger partial charge in [-0.1, -0.05) is 11.6 Å². The van der Waals surface area contributed by atoms with Gasteiger partial charge in [0.15, 0.2) is 17.3 Å². The van der Waals surface area contributed by atoms with Crippen LogP contribution in [0.15, 0.2) is 24.3 Å². The molecule has 24 heavy (non-hydrogen) atoms. The third kappa shape index (κ3) is 4.21. The van der Waals surface area contributed by atoms with Crippen molar-refractivity contribution in [2.75, 3.05) is 0 Å². The van der Waals surface area contributed by atoms with Crippen molar-refractivity contribution < 1.29 is 23.9 Å². The molecule has 1 N–H and O–H groups in total. The Balaban J connectivity index is 2.46. The van der Waals surface area contributed by atoms with E-state index in [4.69, 9.17) is 21.1 Å². The predicted molar refractivity (Wildman–Crippen MR) is 88.5 cm³/mol. The third-order valence-corrected chi connectivity index (χ3v) is 3.50. The highest BCUT2D eigenvalue weighted by atomic mass is 35.5. The first-order valence-electron chi connectivity index (χ1n) is 7.34. The van der Waals surface area contributed by atoms with Crippen LogP contribution in [0.3, 0.4) is 0 Å². The average Bonchev–Trinajstić information content (AvgIpc) is 2.49. The summed E-state index contributed by atoms with van der Waals surface area (Å²) in [6, 6.07) is 2.28. The Bertz CT molecular complexity index is 733. The summed E-state index contributed by atoms with van der Waals surface area (Å²) >= 11 is 6.16. The average molecular weight is 352 g/mol. The van der Waals surface area contributed by atoms with Crippen LogP contribution in [0, 0.1) is 0 Å². The van der Waals surface area contributed by atoms with Crippen LogP contribution in [0.4, 0.5) is 0 Å². The minimum atomic E-state index is -0.821. The number of nitrogens with one attached hydrogen (secondary N) is 1. The first-order valence-corrected chi connectivity index (χ1v) is 7.72. The molecule has 0 amide bonds. The fourth-order valence-corrected chi connectivity index (χ4v) is 2.51. The molecule has 1 aromatic rings. The number of ether oxygens (including phenoxy) is 2. The summed E-state index contributed by atoms with van der Waals surface area (Å²) in [5, 5.41) is 3.04. The summed E-state index contributed by atoms with van der Waals surface area (Å²) in [6.07, 6.45) is 1.85. The Morgan fingerprint density at radius 1 is 1.12 bits per heavy atom. The van der Waals surface area contributed by atoms with Crippen LogP contribution in [0.2, 0.25) is 5.02 Å². The van der Waals surface area contributed by atoms with E-state index in [1.165, 1.54) is 12.1 Å². The fourth-order valence-electron chi connectivity index (χ4n) is 2.27. The largest absolute Gasteiger partial charge is 0.422 e. The van der Waals surface area contributed by atoms with Crippen molar-refractivity contribution in [3.05, 3.63) is 34.9 Å². The maximum atomic E-state index is 12.7. The van der Waals surface area contributed by atoms with Crippen molar-refractivity contribution in [1.29, 1.82) is 0 Å². The Morgan fingerprint density at radius 2 is 1.71 bits per heavy atom. The SMILES string of the molecule is CC(NC(C)(C)C)C(=O)c1ccc2c(Cl)c1OC(=O)/C=C\C(=O)O2. The molecule has 1 atom stereocenters. The van der Waals surface area contributed by atoms with E-state index in [1.807, 2.05) is 20.8 Å². The molecule has 0 saturated carbocycles.